The highest BCUT2D eigenvalue weighted by Gasteiger charge is 2.33. The van der Waals surface area contributed by atoms with Crippen molar-refractivity contribution in [3.8, 4) is 0 Å². The smallest absolute Gasteiger partial charge is 0.345 e. The van der Waals surface area contributed by atoms with Crippen molar-refractivity contribution < 1.29 is 9.18 Å². The summed E-state index contributed by atoms with van der Waals surface area (Å²) in [5, 5.41) is 9.87. The van der Waals surface area contributed by atoms with E-state index >= 15 is 0 Å². The Kier molecular flexibility index (Phi) is 2.54. The summed E-state index contributed by atoms with van der Waals surface area (Å²) >= 11 is 0. The molecule has 1 fully saturated rings. The third-order valence-corrected chi connectivity index (χ3v) is 3.22. The molecule has 2 heterocycles. The number of carbonyl (C=O) groups excluding carboxylic acids is 1. The van der Waals surface area contributed by atoms with Crippen LogP contribution in [0.15, 0.2) is 11.1 Å². The molecule has 0 saturated heterocycles. The molecular formula is C10H11FN6O2. The van der Waals surface area contributed by atoms with Crippen LogP contribution in [0, 0.1) is 0 Å². The van der Waals surface area contributed by atoms with Gasteiger partial charge in [0.05, 0.1) is 6.04 Å². The van der Waals surface area contributed by atoms with Crippen LogP contribution in [0.5, 0.6) is 0 Å². The van der Waals surface area contributed by atoms with Gasteiger partial charge in [0.25, 0.3) is 5.91 Å². The lowest BCUT2D eigenvalue weighted by atomic mass is 9.90. The van der Waals surface area contributed by atoms with Crippen LogP contribution < -0.4 is 11.0 Å². The molecule has 8 nitrogen and oxygen atoms in total. The Morgan fingerprint density at radius 3 is 2.95 bits per heavy atom. The Morgan fingerprint density at radius 2 is 2.32 bits per heavy atom. The Morgan fingerprint density at radius 1 is 1.53 bits per heavy atom. The van der Waals surface area contributed by atoms with Crippen LogP contribution in [-0.4, -0.2) is 42.5 Å². The van der Waals surface area contributed by atoms with Gasteiger partial charge in [-0.2, -0.15) is 4.68 Å². The Balaban J connectivity index is 1.95. The molecule has 0 spiro atoms. The monoisotopic (exact) mass is 266 g/mol. The van der Waals surface area contributed by atoms with Gasteiger partial charge in [0.15, 0.2) is 11.3 Å². The fraction of sp³-hybridized carbons (Fsp3) is 0.500. The average Bonchev–Trinajstić information content (AvgIpc) is 2.83. The van der Waals surface area contributed by atoms with Gasteiger partial charge in [0, 0.05) is 7.05 Å². The van der Waals surface area contributed by atoms with E-state index in [-0.39, 0.29) is 11.3 Å². The van der Waals surface area contributed by atoms with E-state index < -0.39 is 23.8 Å². The molecular weight excluding hydrogens is 255 g/mol. The van der Waals surface area contributed by atoms with Gasteiger partial charge in [-0.1, -0.05) is 5.21 Å². The second-order valence-corrected chi connectivity index (χ2v) is 4.46. The van der Waals surface area contributed by atoms with Crippen molar-refractivity contribution in [1.29, 1.82) is 0 Å². The number of aryl methyl sites for hydroxylation is 1. The molecule has 2 aromatic heterocycles. The maximum Gasteiger partial charge on any atom is 0.352 e. The normalized spacial score (nSPS) is 22.2. The van der Waals surface area contributed by atoms with Gasteiger partial charge in [-0.3, -0.25) is 4.79 Å². The van der Waals surface area contributed by atoms with Gasteiger partial charge < -0.3 is 5.32 Å². The third-order valence-electron chi connectivity index (χ3n) is 3.22. The third kappa shape index (κ3) is 1.77. The summed E-state index contributed by atoms with van der Waals surface area (Å²) in [6.45, 7) is 0. The number of halogens is 1. The lowest BCUT2D eigenvalue weighted by Crippen LogP contribution is -2.48. The van der Waals surface area contributed by atoms with Crippen molar-refractivity contribution in [1.82, 2.24) is 29.7 Å². The number of nitrogens with one attached hydrogen (secondary N) is 1. The minimum Gasteiger partial charge on any atom is -0.345 e. The number of nitrogens with zero attached hydrogens (tertiary/aromatic N) is 5. The molecule has 1 amide bonds. The molecule has 2 aromatic rings. The zero-order valence-corrected chi connectivity index (χ0v) is 10.1. The number of imidazole rings is 1. The number of amides is 1. The minimum atomic E-state index is -1.02. The molecule has 1 N–H and O–H groups in total. The first-order chi connectivity index (χ1) is 9.08. The molecule has 19 heavy (non-hydrogen) atoms. The summed E-state index contributed by atoms with van der Waals surface area (Å²) in [7, 11) is 1.44. The van der Waals surface area contributed by atoms with Crippen molar-refractivity contribution in [3.05, 3.63) is 22.5 Å². The molecule has 3 rings (SSSR count). The summed E-state index contributed by atoms with van der Waals surface area (Å²) in [5.74, 6) is -0.544. The predicted molar refractivity (Wildman–Crippen MR) is 61.4 cm³/mol. The van der Waals surface area contributed by atoms with Gasteiger partial charge in [-0.25, -0.2) is 18.6 Å². The summed E-state index contributed by atoms with van der Waals surface area (Å²) in [5.41, 5.74) is -0.414. The zero-order valence-electron chi connectivity index (χ0n) is 10.1. The van der Waals surface area contributed by atoms with Crippen molar-refractivity contribution >= 4 is 11.6 Å². The SMILES string of the molecule is Cn1nnc2c(C(=O)NC3CCC3F)ncn2c1=O. The first-order valence-electron chi connectivity index (χ1n) is 5.80. The lowest BCUT2D eigenvalue weighted by Gasteiger charge is -2.30. The van der Waals surface area contributed by atoms with E-state index in [1.165, 1.54) is 13.4 Å². The van der Waals surface area contributed by atoms with Crippen LogP contribution in [0.4, 0.5) is 4.39 Å². The van der Waals surface area contributed by atoms with E-state index in [1.54, 1.807) is 0 Å². The predicted octanol–water partition coefficient (Wildman–Crippen LogP) is -0.947. The molecule has 0 aliphatic heterocycles. The Hall–Kier alpha value is -2.32. The standard InChI is InChI=1S/C10H11FN6O2/c1-16-10(19)17-4-12-7(8(17)14-15-16)9(18)13-6-3-2-5(6)11/h4-6H,2-3H2,1H3,(H,13,18). The Bertz CT molecular complexity index is 708. The van der Waals surface area contributed by atoms with Crippen LogP contribution in [0.25, 0.3) is 5.65 Å². The first kappa shape index (κ1) is 11.8. The number of alkyl halides is 1. The maximum absolute atomic E-state index is 13.1. The van der Waals surface area contributed by atoms with Gasteiger partial charge in [0.2, 0.25) is 0 Å². The van der Waals surface area contributed by atoms with Crippen molar-refractivity contribution in [3.63, 3.8) is 0 Å². The van der Waals surface area contributed by atoms with Crippen LogP contribution in [0.3, 0.4) is 0 Å². The van der Waals surface area contributed by atoms with Gasteiger partial charge >= 0.3 is 5.69 Å². The summed E-state index contributed by atoms with van der Waals surface area (Å²) in [6, 6.07) is -0.483. The number of aromatic nitrogens is 5. The molecule has 1 saturated carbocycles. The molecule has 2 unspecified atom stereocenters. The number of hydrogen-bond acceptors (Lipinski definition) is 5. The first-order valence-corrected chi connectivity index (χ1v) is 5.80. The van der Waals surface area contributed by atoms with E-state index in [9.17, 15) is 14.0 Å². The number of fused-ring (bicyclic) bond motifs is 1. The highest BCUT2D eigenvalue weighted by Crippen LogP contribution is 2.23. The summed E-state index contributed by atoms with van der Waals surface area (Å²) in [4.78, 5) is 27.5. The van der Waals surface area contributed by atoms with Crippen LogP contribution in [-0.2, 0) is 7.05 Å². The van der Waals surface area contributed by atoms with Gasteiger partial charge in [-0.15, -0.1) is 5.10 Å². The second kappa shape index (κ2) is 4.11. The van der Waals surface area contributed by atoms with Crippen molar-refractivity contribution in [2.45, 2.75) is 25.1 Å². The van der Waals surface area contributed by atoms with E-state index in [1.807, 2.05) is 0 Å². The minimum absolute atomic E-state index is 0.0238. The van der Waals surface area contributed by atoms with Crippen LogP contribution >= 0.6 is 0 Å². The fourth-order valence-corrected chi connectivity index (χ4v) is 1.90. The van der Waals surface area contributed by atoms with E-state index in [0.717, 1.165) is 9.08 Å². The number of hydrogen-bond donors (Lipinski definition) is 1. The van der Waals surface area contributed by atoms with E-state index in [2.05, 4.69) is 20.6 Å². The average molecular weight is 266 g/mol. The van der Waals surface area contributed by atoms with Gasteiger partial charge in [-0.05, 0) is 12.8 Å². The van der Waals surface area contributed by atoms with Crippen LogP contribution in [0.1, 0.15) is 23.3 Å². The molecule has 2 atom stereocenters. The molecule has 9 heteroatoms. The molecule has 0 radical (unpaired) electrons. The quantitative estimate of drug-likeness (QED) is 0.756. The summed E-state index contributed by atoms with van der Waals surface area (Å²) in [6.07, 6.45) is 1.24. The van der Waals surface area contributed by atoms with E-state index in [4.69, 9.17) is 0 Å². The lowest BCUT2D eigenvalue weighted by molar-refractivity contribution is 0.0821. The van der Waals surface area contributed by atoms with E-state index in [0.29, 0.717) is 12.8 Å². The van der Waals surface area contributed by atoms with Crippen molar-refractivity contribution in [2.75, 3.05) is 0 Å². The highest BCUT2D eigenvalue weighted by atomic mass is 19.1. The largest absolute Gasteiger partial charge is 0.352 e. The molecule has 1 aliphatic carbocycles. The number of carbonyl (C=O) groups is 1. The maximum atomic E-state index is 13.1. The zero-order chi connectivity index (χ0) is 13.6. The van der Waals surface area contributed by atoms with Gasteiger partial charge in [0.1, 0.15) is 12.5 Å². The second-order valence-electron chi connectivity index (χ2n) is 4.46. The molecule has 1 aliphatic rings. The van der Waals surface area contributed by atoms with Crippen molar-refractivity contribution in [2.24, 2.45) is 7.05 Å². The molecule has 0 aromatic carbocycles. The topological polar surface area (TPSA) is 94.2 Å². The molecule has 0 bridgehead atoms. The Labute approximate surface area is 106 Å². The fourth-order valence-electron chi connectivity index (χ4n) is 1.90. The van der Waals surface area contributed by atoms with Crippen LogP contribution in [0.2, 0.25) is 0 Å². The highest BCUT2D eigenvalue weighted by molar-refractivity contribution is 5.98. The number of rotatable bonds is 2. The summed E-state index contributed by atoms with van der Waals surface area (Å²) < 4.78 is 15.2. The molecule has 100 valence electrons.